The van der Waals surface area contributed by atoms with E-state index in [1.807, 2.05) is 31.2 Å². The van der Waals surface area contributed by atoms with E-state index < -0.39 is 16.1 Å². The fourth-order valence-electron chi connectivity index (χ4n) is 3.44. The maximum atomic E-state index is 12.9. The number of anilines is 1. The van der Waals surface area contributed by atoms with Gasteiger partial charge in [-0.25, -0.2) is 8.42 Å². The van der Waals surface area contributed by atoms with E-state index in [0.29, 0.717) is 25.4 Å². The molecule has 2 amide bonds. The number of sulfonamides is 1. The minimum absolute atomic E-state index is 0.0266. The zero-order valence-corrected chi connectivity index (χ0v) is 20.7. The maximum Gasteiger partial charge on any atom is 0.243 e. The van der Waals surface area contributed by atoms with Gasteiger partial charge in [-0.15, -0.1) is 0 Å². The fraction of sp³-hybridized carbons (Fsp3) is 0.417. The van der Waals surface area contributed by atoms with Crippen LogP contribution in [0.1, 0.15) is 51.3 Å². The van der Waals surface area contributed by atoms with E-state index in [2.05, 4.69) is 10.6 Å². The second kappa shape index (κ2) is 11.8. The molecule has 2 rings (SSSR count). The summed E-state index contributed by atoms with van der Waals surface area (Å²) < 4.78 is 32.8. The second-order valence-electron chi connectivity index (χ2n) is 7.60. The molecule has 33 heavy (non-hydrogen) atoms. The third-order valence-corrected chi connectivity index (χ3v) is 7.16. The highest BCUT2D eigenvalue weighted by Gasteiger charge is 2.24. The molecular weight excluding hydrogens is 442 g/mol. The van der Waals surface area contributed by atoms with Crippen LogP contribution in [0.4, 0.5) is 5.69 Å². The van der Waals surface area contributed by atoms with Gasteiger partial charge in [0.1, 0.15) is 5.75 Å². The van der Waals surface area contributed by atoms with Crippen molar-refractivity contribution in [3.8, 4) is 5.75 Å². The number of ether oxygens (including phenoxy) is 1. The molecule has 0 saturated heterocycles. The number of nitrogens with one attached hydrogen (secondary N) is 2. The van der Waals surface area contributed by atoms with Crippen LogP contribution < -0.4 is 15.4 Å². The topological polar surface area (TPSA) is 105 Å². The van der Waals surface area contributed by atoms with Crippen LogP contribution in [0, 0.1) is 6.92 Å². The van der Waals surface area contributed by atoms with Gasteiger partial charge in [-0.1, -0.05) is 43.7 Å². The van der Waals surface area contributed by atoms with E-state index in [1.165, 1.54) is 23.4 Å². The van der Waals surface area contributed by atoms with Gasteiger partial charge >= 0.3 is 0 Å². The molecule has 180 valence electrons. The summed E-state index contributed by atoms with van der Waals surface area (Å²) in [4.78, 5) is 24.7. The summed E-state index contributed by atoms with van der Waals surface area (Å²) in [6.45, 7) is 9.72. The monoisotopic (exact) mass is 475 g/mol. The summed E-state index contributed by atoms with van der Waals surface area (Å²) in [5.74, 6) is -0.265. The van der Waals surface area contributed by atoms with E-state index in [9.17, 15) is 18.0 Å². The van der Waals surface area contributed by atoms with Crippen molar-refractivity contribution in [3.63, 3.8) is 0 Å². The first kappa shape index (κ1) is 26.3. The van der Waals surface area contributed by atoms with Gasteiger partial charge in [0.2, 0.25) is 21.8 Å². The Kier molecular flexibility index (Phi) is 9.43. The third-order valence-electron chi connectivity index (χ3n) is 5.11. The van der Waals surface area contributed by atoms with E-state index in [4.69, 9.17) is 4.74 Å². The zero-order chi connectivity index (χ0) is 24.6. The second-order valence-corrected chi connectivity index (χ2v) is 9.53. The average Bonchev–Trinajstić information content (AvgIpc) is 2.75. The Morgan fingerprint density at radius 3 is 2.21 bits per heavy atom. The average molecular weight is 476 g/mol. The smallest absolute Gasteiger partial charge is 0.243 e. The molecule has 0 saturated carbocycles. The molecule has 0 fully saturated rings. The molecule has 1 unspecified atom stereocenters. The van der Waals surface area contributed by atoms with Gasteiger partial charge in [0, 0.05) is 20.0 Å². The molecule has 1 atom stereocenters. The summed E-state index contributed by atoms with van der Waals surface area (Å²) in [5, 5.41) is 5.57. The molecule has 0 heterocycles. The lowest BCUT2D eigenvalue weighted by Crippen LogP contribution is -2.31. The molecule has 0 aliphatic heterocycles. The number of benzene rings is 2. The number of hydrogen-bond donors (Lipinski definition) is 2. The first-order chi connectivity index (χ1) is 15.6. The van der Waals surface area contributed by atoms with E-state index in [0.717, 1.165) is 11.1 Å². The first-order valence-electron chi connectivity index (χ1n) is 11.0. The minimum atomic E-state index is -3.71. The van der Waals surface area contributed by atoms with Gasteiger partial charge < -0.3 is 15.4 Å². The fourth-order valence-corrected chi connectivity index (χ4v) is 4.93. The lowest BCUT2D eigenvalue weighted by Gasteiger charge is -2.21. The molecule has 0 spiro atoms. The van der Waals surface area contributed by atoms with Crippen molar-refractivity contribution in [3.05, 3.63) is 53.6 Å². The number of carbonyl (C=O) groups is 2. The van der Waals surface area contributed by atoms with Crippen molar-refractivity contribution < 1.29 is 22.7 Å². The molecule has 9 heteroatoms. The quantitative estimate of drug-likeness (QED) is 0.516. The largest absolute Gasteiger partial charge is 0.492 e. The van der Waals surface area contributed by atoms with Crippen LogP contribution in [0.5, 0.6) is 5.75 Å². The van der Waals surface area contributed by atoms with Crippen LogP contribution in [-0.2, 0) is 19.6 Å². The maximum absolute atomic E-state index is 12.9. The van der Waals surface area contributed by atoms with Crippen LogP contribution in [0.3, 0.4) is 0 Å². The Hall–Kier alpha value is -2.91. The number of rotatable bonds is 11. The lowest BCUT2D eigenvalue weighted by atomic mass is 10.0. The molecule has 0 aromatic heterocycles. The van der Waals surface area contributed by atoms with Crippen molar-refractivity contribution in [2.24, 2.45) is 0 Å². The Balaban J connectivity index is 2.33. The SMILES string of the molecule is CCOc1ccc(S(=O)(=O)N(CC)CC)cc1NC(=O)CC(NC(C)=O)c1ccc(C)cc1. The van der Waals surface area contributed by atoms with Gasteiger partial charge in [0.05, 0.1) is 29.7 Å². The predicted molar refractivity (Wildman–Crippen MR) is 129 cm³/mol. The van der Waals surface area contributed by atoms with Crippen molar-refractivity contribution in [1.82, 2.24) is 9.62 Å². The van der Waals surface area contributed by atoms with Crippen molar-refractivity contribution in [2.45, 2.75) is 52.0 Å². The lowest BCUT2D eigenvalue weighted by molar-refractivity contribution is -0.120. The van der Waals surface area contributed by atoms with Crippen LogP contribution in [0.15, 0.2) is 47.4 Å². The van der Waals surface area contributed by atoms with Gasteiger partial charge in [0.15, 0.2) is 0 Å². The van der Waals surface area contributed by atoms with E-state index >= 15 is 0 Å². The summed E-state index contributed by atoms with van der Waals surface area (Å²) in [5.41, 5.74) is 2.13. The van der Waals surface area contributed by atoms with Gasteiger partial charge in [0.25, 0.3) is 0 Å². The molecule has 0 aliphatic carbocycles. The van der Waals surface area contributed by atoms with Gasteiger partial charge in [-0.3, -0.25) is 9.59 Å². The molecule has 2 aromatic carbocycles. The van der Waals surface area contributed by atoms with Crippen LogP contribution in [0.2, 0.25) is 0 Å². The third kappa shape index (κ3) is 7.03. The molecule has 0 aliphatic rings. The van der Waals surface area contributed by atoms with Gasteiger partial charge in [-0.2, -0.15) is 4.31 Å². The van der Waals surface area contributed by atoms with Crippen molar-refractivity contribution >= 4 is 27.5 Å². The Morgan fingerprint density at radius 1 is 1.03 bits per heavy atom. The zero-order valence-electron chi connectivity index (χ0n) is 19.8. The van der Waals surface area contributed by atoms with Crippen molar-refractivity contribution in [1.29, 1.82) is 0 Å². The molecule has 0 radical (unpaired) electrons. The number of carbonyl (C=O) groups excluding carboxylic acids is 2. The molecule has 2 N–H and O–H groups in total. The molecular formula is C24H33N3O5S. The Bertz CT molecular complexity index is 1060. The number of nitrogens with zero attached hydrogens (tertiary/aromatic N) is 1. The predicted octanol–water partition coefficient (Wildman–Crippen LogP) is 3.63. The summed E-state index contributed by atoms with van der Waals surface area (Å²) in [6, 6.07) is 11.5. The van der Waals surface area contributed by atoms with E-state index in [-0.39, 0.29) is 28.8 Å². The molecule has 0 bridgehead atoms. The number of amides is 2. The van der Waals surface area contributed by atoms with Crippen LogP contribution in [0.25, 0.3) is 0 Å². The highest BCUT2D eigenvalue weighted by Crippen LogP contribution is 2.30. The van der Waals surface area contributed by atoms with Crippen molar-refractivity contribution in [2.75, 3.05) is 25.0 Å². The van der Waals surface area contributed by atoms with Gasteiger partial charge in [-0.05, 0) is 37.6 Å². The first-order valence-corrected chi connectivity index (χ1v) is 12.5. The van der Waals surface area contributed by atoms with E-state index in [1.54, 1.807) is 26.8 Å². The summed E-state index contributed by atoms with van der Waals surface area (Å²) in [7, 11) is -3.71. The normalized spacial score (nSPS) is 12.3. The molecule has 2 aromatic rings. The summed E-state index contributed by atoms with van der Waals surface area (Å²) >= 11 is 0. The van der Waals surface area contributed by atoms with Crippen LogP contribution >= 0.6 is 0 Å². The van der Waals surface area contributed by atoms with Crippen LogP contribution in [-0.4, -0.2) is 44.2 Å². The highest BCUT2D eigenvalue weighted by molar-refractivity contribution is 7.89. The number of aryl methyl sites for hydroxylation is 1. The Labute approximate surface area is 196 Å². The Morgan fingerprint density at radius 2 is 1.67 bits per heavy atom. The summed E-state index contributed by atoms with van der Waals surface area (Å²) in [6.07, 6.45) is -0.0266. The number of hydrogen-bond acceptors (Lipinski definition) is 5. The standard InChI is InChI=1S/C24H33N3O5S/c1-6-27(7-2)33(30,31)20-13-14-23(32-8-3)22(15-20)26-24(29)16-21(25-18(5)28)19-11-9-17(4)10-12-19/h9-15,21H,6-8,16H2,1-5H3,(H,25,28)(H,26,29). The minimum Gasteiger partial charge on any atom is -0.492 e. The highest BCUT2D eigenvalue weighted by atomic mass is 32.2. The molecule has 8 nitrogen and oxygen atoms in total.